The van der Waals surface area contributed by atoms with Crippen LogP contribution in [0.1, 0.15) is 130 Å². The molecule has 20 nitrogen and oxygen atoms in total. The number of nitrogens with one attached hydrogen (secondary N) is 2. The predicted molar refractivity (Wildman–Crippen MR) is 238 cm³/mol. The normalized spacial score (nSPS) is 18.4. The number of likely N-dealkylation sites (tertiary alicyclic amines) is 2. The van der Waals surface area contributed by atoms with Crippen LogP contribution in [-0.2, 0) is 14.2 Å². The number of carbonyl (C=O) groups is 6. The molecule has 2 aliphatic heterocycles. The Morgan fingerprint density at radius 3 is 1.45 bits per heavy atom. The van der Waals surface area contributed by atoms with Gasteiger partial charge in [-0.3, -0.25) is 9.59 Å². The molecular formula is C44H62N10O10. The summed E-state index contributed by atoms with van der Waals surface area (Å²) < 4.78 is 19.0. The number of fused-ring (bicyclic) bond motifs is 2. The Labute approximate surface area is 371 Å². The maximum absolute atomic E-state index is 12.6. The molecule has 20 heteroatoms. The van der Waals surface area contributed by atoms with Gasteiger partial charge in [0.2, 0.25) is 0 Å². The number of carbonyl (C=O) groups excluding carboxylic acids is 5. The molecule has 4 aromatic rings. The molecule has 0 aromatic carbocycles. The summed E-state index contributed by atoms with van der Waals surface area (Å²) in [6, 6.07) is 2.88. The highest BCUT2D eigenvalue weighted by atomic mass is 16.6. The molecule has 4 amide bonds. The van der Waals surface area contributed by atoms with Crippen LogP contribution in [0.5, 0.6) is 0 Å². The van der Waals surface area contributed by atoms with E-state index < -0.39 is 35.0 Å². The molecule has 0 radical (unpaired) electrons. The number of hydrogen-bond donors (Lipinski definition) is 5. The second-order valence-corrected chi connectivity index (χ2v) is 19.5. The van der Waals surface area contributed by atoms with E-state index in [0.717, 1.165) is 0 Å². The lowest BCUT2D eigenvalue weighted by Crippen LogP contribution is -2.54. The lowest BCUT2D eigenvalue weighted by molar-refractivity contribution is 0.00617. The van der Waals surface area contributed by atoms with Crippen molar-refractivity contribution in [1.82, 2.24) is 29.0 Å². The van der Waals surface area contributed by atoms with Gasteiger partial charge in [-0.2, -0.15) is 10.2 Å². The Kier molecular flexibility index (Phi) is 13.8. The van der Waals surface area contributed by atoms with Crippen LogP contribution in [0.3, 0.4) is 0 Å². The zero-order valence-electron chi connectivity index (χ0n) is 38.5. The molecule has 7 N–H and O–H groups in total. The van der Waals surface area contributed by atoms with Crippen molar-refractivity contribution >= 4 is 58.3 Å². The first-order valence-corrected chi connectivity index (χ1v) is 21.1. The molecule has 0 unspecified atom stereocenters. The summed E-state index contributed by atoms with van der Waals surface area (Å²) in [6.45, 7) is 23.0. The summed E-state index contributed by atoms with van der Waals surface area (Å²) in [5.41, 5.74) is 12.0. The lowest BCUT2D eigenvalue weighted by Gasteiger charge is -2.45. The van der Waals surface area contributed by atoms with Crippen molar-refractivity contribution in [3.05, 3.63) is 59.2 Å². The summed E-state index contributed by atoms with van der Waals surface area (Å²) in [5.74, 6) is -2.86. The molecule has 0 saturated carbocycles. The quantitative estimate of drug-likeness (QED) is 0.101. The number of hydrogen-bond acceptors (Lipinski definition) is 13. The SMILES string of the molecule is CC(C)(C)OC(=O)N1CC[C@@H](Nc2c(C(N)=O)cnn3cc(C(=O)O)cc23)C(C)(C)C1.CCOC(=O)c1cc2c(N[C@@H]3CCN(C(=O)OC(C)(C)C)CC3(C)C)c(C(N)=O)cnn2c1. The molecule has 6 rings (SSSR count). The minimum Gasteiger partial charge on any atom is -0.478 e. The van der Waals surface area contributed by atoms with Gasteiger partial charge in [0, 0.05) is 61.5 Å². The third kappa shape index (κ3) is 11.3. The van der Waals surface area contributed by atoms with Gasteiger partial charge in [0.25, 0.3) is 11.8 Å². The highest BCUT2D eigenvalue weighted by Crippen LogP contribution is 2.37. The van der Waals surface area contributed by atoms with Crippen molar-refractivity contribution in [2.75, 3.05) is 43.4 Å². The van der Waals surface area contributed by atoms with Gasteiger partial charge < -0.3 is 51.2 Å². The van der Waals surface area contributed by atoms with Crippen molar-refractivity contribution in [3.63, 3.8) is 0 Å². The first-order valence-electron chi connectivity index (χ1n) is 21.1. The maximum Gasteiger partial charge on any atom is 0.410 e. The van der Waals surface area contributed by atoms with Crippen LogP contribution in [0.2, 0.25) is 0 Å². The second kappa shape index (κ2) is 18.2. The van der Waals surface area contributed by atoms with Crippen LogP contribution in [0, 0.1) is 10.8 Å². The van der Waals surface area contributed by atoms with Crippen molar-refractivity contribution in [1.29, 1.82) is 0 Å². The lowest BCUT2D eigenvalue weighted by atomic mass is 9.79. The fourth-order valence-corrected chi connectivity index (χ4v) is 7.80. The molecule has 2 fully saturated rings. The van der Waals surface area contributed by atoms with Crippen molar-refractivity contribution < 1.29 is 48.1 Å². The minimum absolute atomic E-state index is 0.0520. The van der Waals surface area contributed by atoms with Crippen LogP contribution in [-0.4, -0.2) is 126 Å². The summed E-state index contributed by atoms with van der Waals surface area (Å²) in [4.78, 5) is 76.3. The third-order valence-electron chi connectivity index (χ3n) is 11.0. The number of carboxylic acids is 1. The second-order valence-electron chi connectivity index (χ2n) is 19.5. The largest absolute Gasteiger partial charge is 0.478 e. The van der Waals surface area contributed by atoms with E-state index in [1.807, 2.05) is 69.2 Å². The average Bonchev–Trinajstić information content (AvgIpc) is 3.81. The Morgan fingerprint density at radius 2 is 1.11 bits per heavy atom. The Hall–Kier alpha value is -6.60. The molecule has 0 aliphatic carbocycles. The number of ether oxygens (including phenoxy) is 3. The van der Waals surface area contributed by atoms with Gasteiger partial charge in [0.05, 0.1) is 63.7 Å². The number of esters is 1. The van der Waals surface area contributed by atoms with Gasteiger partial charge in [0.15, 0.2) is 0 Å². The summed E-state index contributed by atoms with van der Waals surface area (Å²) in [6.07, 6.45) is 6.17. The fourth-order valence-electron chi connectivity index (χ4n) is 7.80. The smallest absolute Gasteiger partial charge is 0.410 e. The van der Waals surface area contributed by atoms with Gasteiger partial charge in [-0.05, 0) is 73.4 Å². The summed E-state index contributed by atoms with van der Waals surface area (Å²) in [7, 11) is 0. The molecule has 4 aromatic heterocycles. The standard InChI is InChI=1S/C23H33N5O5.C21H29N5O5/c1-7-32-20(30)14-10-16-18(15(19(24)29)11-25-28(16)12-14)26-17-8-9-27(13-23(17,5)6)21(31)33-22(2,3)4;1-20(2,3)31-19(30)25-7-6-15(21(4,5)11-25)24-16-13(17(22)27)9-23-26-10-12(18(28)29)8-14(16)26/h10-12,17,26H,7-9,13H2,1-6H3,(H2,24,29);8-10,15,24H,6-7,11H2,1-5H3,(H2,22,27)(H,28,29)/t17-;15-/m11/s1. The number of amides is 4. The zero-order valence-corrected chi connectivity index (χ0v) is 38.5. The molecule has 0 bridgehead atoms. The minimum atomic E-state index is -1.09. The highest BCUT2D eigenvalue weighted by molar-refractivity contribution is 6.04. The van der Waals surface area contributed by atoms with Gasteiger partial charge in [-0.15, -0.1) is 0 Å². The first-order chi connectivity index (χ1) is 29.6. The van der Waals surface area contributed by atoms with Crippen LogP contribution < -0.4 is 22.1 Å². The van der Waals surface area contributed by atoms with E-state index in [1.54, 1.807) is 29.0 Å². The van der Waals surface area contributed by atoms with E-state index in [9.17, 15) is 33.9 Å². The first kappa shape index (κ1) is 48.4. The Morgan fingerprint density at radius 1 is 0.719 bits per heavy atom. The molecule has 2 aliphatic rings. The Balaban J connectivity index is 0.000000241. The predicted octanol–water partition coefficient (Wildman–Crippen LogP) is 5.64. The molecule has 2 saturated heterocycles. The molecule has 348 valence electrons. The van der Waals surface area contributed by atoms with E-state index in [2.05, 4.69) is 20.8 Å². The number of primary amides is 2. The number of carboxylic acid groups (broad SMARTS) is 1. The topological polar surface area (TPSA) is 268 Å². The van der Waals surface area contributed by atoms with Crippen LogP contribution >= 0.6 is 0 Å². The van der Waals surface area contributed by atoms with E-state index in [4.69, 9.17) is 25.7 Å². The molecule has 2 atom stereocenters. The van der Waals surface area contributed by atoms with E-state index in [1.165, 1.54) is 33.7 Å². The monoisotopic (exact) mass is 890 g/mol. The zero-order chi connectivity index (χ0) is 47.7. The van der Waals surface area contributed by atoms with E-state index in [0.29, 0.717) is 67.0 Å². The number of nitrogens with two attached hydrogens (primary N) is 2. The number of piperidine rings is 2. The molecule has 6 heterocycles. The third-order valence-corrected chi connectivity index (χ3v) is 11.0. The highest BCUT2D eigenvalue weighted by Gasteiger charge is 2.41. The number of aromatic nitrogens is 4. The molecular weight excluding hydrogens is 829 g/mol. The van der Waals surface area contributed by atoms with E-state index in [-0.39, 0.29) is 58.4 Å². The molecule has 0 spiro atoms. The maximum atomic E-state index is 12.6. The van der Waals surface area contributed by atoms with Gasteiger partial charge in [0.1, 0.15) is 11.2 Å². The fraction of sp³-hybridized carbons (Fsp3) is 0.545. The number of nitrogens with zero attached hydrogens (tertiary/aromatic N) is 6. The number of aromatic carboxylic acids is 1. The molecule has 64 heavy (non-hydrogen) atoms. The van der Waals surface area contributed by atoms with Gasteiger partial charge >= 0.3 is 24.1 Å². The summed E-state index contributed by atoms with van der Waals surface area (Å²) in [5, 5.41) is 24.5. The van der Waals surface area contributed by atoms with E-state index >= 15 is 0 Å². The van der Waals surface area contributed by atoms with Gasteiger partial charge in [-0.25, -0.2) is 28.2 Å². The van der Waals surface area contributed by atoms with Crippen molar-refractivity contribution in [2.24, 2.45) is 22.3 Å². The summed E-state index contributed by atoms with van der Waals surface area (Å²) >= 11 is 0. The van der Waals surface area contributed by atoms with Crippen LogP contribution in [0.15, 0.2) is 36.9 Å². The Bertz CT molecular complexity index is 2440. The van der Waals surface area contributed by atoms with Crippen molar-refractivity contribution in [3.8, 4) is 0 Å². The van der Waals surface area contributed by atoms with Crippen molar-refractivity contribution in [2.45, 2.75) is 112 Å². The average molecular weight is 891 g/mol. The van der Waals surface area contributed by atoms with Gasteiger partial charge in [-0.1, -0.05) is 27.7 Å². The van der Waals surface area contributed by atoms with Crippen LogP contribution in [0.4, 0.5) is 21.0 Å². The number of rotatable bonds is 9. The number of anilines is 2. The van der Waals surface area contributed by atoms with Crippen LogP contribution in [0.25, 0.3) is 11.0 Å².